The molecule has 1 aromatic rings. The minimum Gasteiger partial charge on any atom is -0.462 e. The minimum atomic E-state index is -1.23. The second-order valence-electron chi connectivity index (χ2n) is 8.55. The van der Waals surface area contributed by atoms with Gasteiger partial charge < -0.3 is 29.2 Å². The molecule has 0 radical (unpaired) electrons. The second kappa shape index (κ2) is 16.9. The summed E-state index contributed by atoms with van der Waals surface area (Å²) in [6, 6.07) is 5.55. The highest BCUT2D eigenvalue weighted by Gasteiger charge is 2.16. The smallest absolute Gasteiger partial charge is 0.338 e. The molecule has 0 aromatic heterocycles. The van der Waals surface area contributed by atoms with Crippen LogP contribution in [0.25, 0.3) is 0 Å². The Bertz CT molecular complexity index is 840. The average Bonchev–Trinajstić information content (AvgIpc) is 2.84. The van der Waals surface area contributed by atoms with Crippen molar-refractivity contribution in [3.63, 3.8) is 0 Å². The summed E-state index contributed by atoms with van der Waals surface area (Å²) in [5.74, 6) is -2.18. The predicted molar refractivity (Wildman–Crippen MR) is 133 cm³/mol. The van der Waals surface area contributed by atoms with Crippen LogP contribution in [0.15, 0.2) is 24.3 Å². The van der Waals surface area contributed by atoms with Crippen LogP contribution in [0.4, 0.5) is 0 Å². The van der Waals surface area contributed by atoms with Crippen LogP contribution in [0.2, 0.25) is 0 Å². The Morgan fingerprint density at radius 2 is 1.25 bits per heavy atom. The van der Waals surface area contributed by atoms with Crippen molar-refractivity contribution in [2.45, 2.75) is 58.8 Å². The lowest BCUT2D eigenvalue weighted by Crippen LogP contribution is -2.26. The van der Waals surface area contributed by atoms with E-state index in [0.29, 0.717) is 12.3 Å². The van der Waals surface area contributed by atoms with Gasteiger partial charge in [0.2, 0.25) is 0 Å². The van der Waals surface area contributed by atoms with Crippen molar-refractivity contribution in [1.82, 2.24) is 0 Å². The Morgan fingerprint density at radius 3 is 1.75 bits per heavy atom. The monoisotopic (exact) mass is 528 g/mol. The number of thioether (sulfide) groups is 1. The maximum Gasteiger partial charge on any atom is 0.338 e. The van der Waals surface area contributed by atoms with Crippen molar-refractivity contribution in [3.05, 3.63) is 35.4 Å². The molecule has 36 heavy (non-hydrogen) atoms. The van der Waals surface area contributed by atoms with E-state index in [1.807, 2.05) is 13.8 Å². The highest BCUT2D eigenvalue weighted by Crippen LogP contribution is 2.12. The van der Waals surface area contributed by atoms with Gasteiger partial charge in [0.05, 0.1) is 34.8 Å². The summed E-state index contributed by atoms with van der Waals surface area (Å²) < 4.78 is 19.9. The van der Waals surface area contributed by atoms with E-state index in [9.17, 15) is 29.4 Å². The standard InChI is InChI=1S/C25H36O10S/c1-5-17(4)10-20(26)11-33-24(30)18-6-8-19(9-7-18)25(31)34-13-21(27)12-32-22(28)14-36-15-23(29)35-16(2)3/h6-9,16-17,20-21,26-27H,5,10-15H2,1-4H3. The molecule has 1 aromatic carbocycles. The summed E-state index contributed by atoms with van der Waals surface area (Å²) in [5, 5.41) is 19.8. The summed E-state index contributed by atoms with van der Waals surface area (Å²) in [6.45, 7) is 6.57. The quantitative estimate of drug-likeness (QED) is 0.241. The molecule has 0 bridgehead atoms. The van der Waals surface area contributed by atoms with Gasteiger partial charge in [-0.25, -0.2) is 9.59 Å². The van der Waals surface area contributed by atoms with Gasteiger partial charge in [0.15, 0.2) is 0 Å². The highest BCUT2D eigenvalue weighted by atomic mass is 32.2. The van der Waals surface area contributed by atoms with Crippen LogP contribution in [0, 0.1) is 5.92 Å². The van der Waals surface area contributed by atoms with Crippen molar-refractivity contribution in [3.8, 4) is 0 Å². The summed E-state index contributed by atoms with van der Waals surface area (Å²) in [7, 11) is 0. The molecule has 0 aliphatic carbocycles. The SMILES string of the molecule is CCC(C)CC(O)COC(=O)c1ccc(C(=O)OCC(O)COC(=O)CSCC(=O)OC(C)C)cc1. The van der Waals surface area contributed by atoms with Gasteiger partial charge >= 0.3 is 23.9 Å². The molecule has 0 saturated carbocycles. The lowest BCUT2D eigenvalue weighted by Gasteiger charge is -2.15. The number of rotatable bonds is 16. The number of aliphatic hydroxyl groups excluding tert-OH is 2. The van der Waals surface area contributed by atoms with Crippen LogP contribution in [-0.4, -0.2) is 83.7 Å². The van der Waals surface area contributed by atoms with Gasteiger partial charge in [-0.3, -0.25) is 9.59 Å². The third-order valence-corrected chi connectivity index (χ3v) is 5.66. The van der Waals surface area contributed by atoms with Crippen molar-refractivity contribution in [2.75, 3.05) is 31.3 Å². The Kier molecular flexibility index (Phi) is 14.8. The third kappa shape index (κ3) is 13.5. The highest BCUT2D eigenvalue weighted by molar-refractivity contribution is 8.00. The van der Waals surface area contributed by atoms with Gasteiger partial charge in [-0.15, -0.1) is 11.8 Å². The molecule has 3 atom stereocenters. The number of benzene rings is 1. The lowest BCUT2D eigenvalue weighted by atomic mass is 10.0. The molecule has 0 amide bonds. The average molecular weight is 529 g/mol. The van der Waals surface area contributed by atoms with E-state index in [4.69, 9.17) is 18.9 Å². The Labute approximate surface area is 215 Å². The lowest BCUT2D eigenvalue weighted by molar-refractivity contribution is -0.144. The zero-order valence-corrected chi connectivity index (χ0v) is 22.0. The first-order valence-corrected chi connectivity index (χ1v) is 12.9. The number of hydrogen-bond acceptors (Lipinski definition) is 11. The second-order valence-corrected chi connectivity index (χ2v) is 9.53. The van der Waals surface area contributed by atoms with Crippen LogP contribution in [-0.2, 0) is 28.5 Å². The molecule has 0 aliphatic heterocycles. The summed E-state index contributed by atoms with van der Waals surface area (Å²) in [6.07, 6.45) is -0.752. The zero-order valence-electron chi connectivity index (χ0n) is 21.1. The van der Waals surface area contributed by atoms with E-state index < -0.39 is 42.7 Å². The van der Waals surface area contributed by atoms with E-state index in [1.165, 1.54) is 24.3 Å². The fourth-order valence-electron chi connectivity index (χ4n) is 2.75. The van der Waals surface area contributed by atoms with Gasteiger partial charge in [-0.2, -0.15) is 0 Å². The summed E-state index contributed by atoms with van der Waals surface area (Å²) in [4.78, 5) is 47.4. The predicted octanol–water partition coefficient (Wildman–Crippen LogP) is 2.39. The van der Waals surface area contributed by atoms with E-state index in [0.717, 1.165) is 18.2 Å². The molecule has 0 saturated heterocycles. The summed E-state index contributed by atoms with van der Waals surface area (Å²) in [5.41, 5.74) is 0.363. The molecule has 3 unspecified atom stereocenters. The zero-order chi connectivity index (χ0) is 27.1. The number of esters is 4. The topological polar surface area (TPSA) is 146 Å². The normalized spacial score (nSPS) is 13.4. The van der Waals surface area contributed by atoms with Crippen LogP contribution in [0.5, 0.6) is 0 Å². The van der Waals surface area contributed by atoms with Crippen LogP contribution in [0.3, 0.4) is 0 Å². The molecule has 1 rings (SSSR count). The molecular weight excluding hydrogens is 492 g/mol. The van der Waals surface area contributed by atoms with Gasteiger partial charge in [0, 0.05) is 0 Å². The van der Waals surface area contributed by atoms with Gasteiger partial charge in [-0.05, 0) is 50.5 Å². The number of hydrogen-bond donors (Lipinski definition) is 2. The maximum absolute atomic E-state index is 12.2. The van der Waals surface area contributed by atoms with Gasteiger partial charge in [0.25, 0.3) is 0 Å². The molecule has 0 aliphatic rings. The van der Waals surface area contributed by atoms with E-state index >= 15 is 0 Å². The van der Waals surface area contributed by atoms with Crippen molar-refractivity contribution >= 4 is 35.6 Å². The Balaban J connectivity index is 2.33. The Hall–Kier alpha value is -2.63. The number of ether oxygens (including phenoxy) is 4. The van der Waals surface area contributed by atoms with E-state index in [2.05, 4.69) is 0 Å². The fourth-order valence-corrected chi connectivity index (χ4v) is 3.33. The third-order valence-electron chi connectivity index (χ3n) is 4.78. The van der Waals surface area contributed by atoms with E-state index in [1.54, 1.807) is 13.8 Å². The van der Waals surface area contributed by atoms with Gasteiger partial charge in [0.1, 0.15) is 25.9 Å². The Morgan fingerprint density at radius 1 is 0.778 bits per heavy atom. The minimum absolute atomic E-state index is 0.00411. The first-order chi connectivity index (χ1) is 17.0. The fraction of sp³-hybridized carbons (Fsp3) is 0.600. The first-order valence-electron chi connectivity index (χ1n) is 11.7. The van der Waals surface area contributed by atoms with Crippen molar-refractivity contribution in [1.29, 1.82) is 0 Å². The largest absolute Gasteiger partial charge is 0.462 e. The number of carbonyl (C=O) groups is 4. The molecule has 2 N–H and O–H groups in total. The molecule has 0 fully saturated rings. The van der Waals surface area contributed by atoms with Gasteiger partial charge in [-0.1, -0.05) is 20.3 Å². The van der Waals surface area contributed by atoms with Crippen molar-refractivity contribution in [2.24, 2.45) is 5.92 Å². The molecule has 0 heterocycles. The van der Waals surface area contributed by atoms with Crippen LogP contribution in [0.1, 0.15) is 61.3 Å². The van der Waals surface area contributed by atoms with Crippen LogP contribution >= 0.6 is 11.8 Å². The summed E-state index contributed by atoms with van der Waals surface area (Å²) >= 11 is 1.03. The number of aliphatic hydroxyl groups is 2. The number of carbonyl (C=O) groups excluding carboxylic acids is 4. The molecular formula is C25H36O10S. The molecule has 0 spiro atoms. The van der Waals surface area contributed by atoms with Crippen molar-refractivity contribution < 1.29 is 48.3 Å². The molecule has 11 heteroatoms. The first kappa shape index (κ1) is 31.4. The molecule has 10 nitrogen and oxygen atoms in total. The van der Waals surface area contributed by atoms with Crippen LogP contribution < -0.4 is 0 Å². The molecule has 202 valence electrons. The van der Waals surface area contributed by atoms with E-state index in [-0.39, 0.29) is 42.0 Å². The maximum atomic E-state index is 12.2.